The molecule has 1 aliphatic heterocycles. The van der Waals surface area contributed by atoms with Gasteiger partial charge in [-0.25, -0.2) is 4.79 Å². The van der Waals surface area contributed by atoms with E-state index in [-0.39, 0.29) is 12.1 Å². The van der Waals surface area contributed by atoms with Crippen molar-refractivity contribution < 1.29 is 9.53 Å². The maximum Gasteiger partial charge on any atom is 0.317 e. The number of hydrogen-bond acceptors (Lipinski definition) is 3. The molecule has 2 atom stereocenters. The monoisotopic (exact) mass is 274 g/mol. The molecule has 4 nitrogen and oxygen atoms in total. The van der Waals surface area contributed by atoms with Gasteiger partial charge in [-0.2, -0.15) is 11.8 Å². The van der Waals surface area contributed by atoms with Crippen molar-refractivity contribution in [2.45, 2.75) is 32.8 Å². The first-order valence-electron chi connectivity index (χ1n) is 6.80. The van der Waals surface area contributed by atoms with E-state index in [2.05, 4.69) is 25.4 Å². The number of hydrogen-bond donors (Lipinski definition) is 1. The van der Waals surface area contributed by atoms with Crippen molar-refractivity contribution in [1.82, 2.24) is 10.2 Å². The van der Waals surface area contributed by atoms with Crippen LogP contribution in [-0.4, -0.2) is 55.3 Å². The Hall–Kier alpha value is -0.420. The van der Waals surface area contributed by atoms with Crippen molar-refractivity contribution in [2.75, 3.05) is 38.2 Å². The number of morpholine rings is 1. The molecule has 0 aromatic rings. The van der Waals surface area contributed by atoms with Gasteiger partial charge in [0, 0.05) is 19.6 Å². The largest absolute Gasteiger partial charge is 0.375 e. The maximum absolute atomic E-state index is 12.0. The fourth-order valence-corrected chi connectivity index (χ4v) is 2.80. The predicted molar refractivity (Wildman–Crippen MR) is 77.2 cm³/mol. The summed E-state index contributed by atoms with van der Waals surface area (Å²) in [5.74, 6) is 1.61. The molecule has 0 unspecified atom stereocenters. The third kappa shape index (κ3) is 5.48. The van der Waals surface area contributed by atoms with Crippen LogP contribution in [0, 0.1) is 5.92 Å². The predicted octanol–water partition coefficient (Wildman–Crippen LogP) is 2.20. The highest BCUT2D eigenvalue weighted by molar-refractivity contribution is 7.98. The van der Waals surface area contributed by atoms with E-state index < -0.39 is 0 Å². The smallest absolute Gasteiger partial charge is 0.317 e. The van der Waals surface area contributed by atoms with Gasteiger partial charge in [0.25, 0.3) is 0 Å². The summed E-state index contributed by atoms with van der Waals surface area (Å²) in [7, 11) is 0. The summed E-state index contributed by atoms with van der Waals surface area (Å²) in [5.41, 5.74) is 0. The third-order valence-corrected chi connectivity index (χ3v) is 3.99. The van der Waals surface area contributed by atoms with Crippen LogP contribution in [0.1, 0.15) is 26.7 Å². The van der Waals surface area contributed by atoms with Gasteiger partial charge in [-0.15, -0.1) is 0 Å². The number of carbonyl (C=O) groups is 1. The van der Waals surface area contributed by atoms with Gasteiger partial charge in [0.15, 0.2) is 0 Å². The SMILES string of the molecule is CCC[C@@H]1CN(C(=O)NC[C@@H](C)CSC)CCO1. The summed E-state index contributed by atoms with van der Waals surface area (Å²) < 4.78 is 5.64. The molecule has 5 heteroatoms. The van der Waals surface area contributed by atoms with Gasteiger partial charge in [-0.1, -0.05) is 20.3 Å². The van der Waals surface area contributed by atoms with Crippen LogP contribution in [0.25, 0.3) is 0 Å². The lowest BCUT2D eigenvalue weighted by atomic mass is 10.2. The van der Waals surface area contributed by atoms with Gasteiger partial charge in [-0.05, 0) is 24.3 Å². The lowest BCUT2D eigenvalue weighted by Gasteiger charge is -2.33. The Kier molecular flexibility index (Phi) is 7.51. The minimum Gasteiger partial charge on any atom is -0.375 e. The van der Waals surface area contributed by atoms with Crippen LogP contribution in [0.4, 0.5) is 4.79 Å². The zero-order chi connectivity index (χ0) is 13.4. The van der Waals surface area contributed by atoms with E-state index in [9.17, 15) is 4.79 Å². The highest BCUT2D eigenvalue weighted by Gasteiger charge is 2.23. The van der Waals surface area contributed by atoms with Gasteiger partial charge in [0.2, 0.25) is 0 Å². The number of urea groups is 1. The third-order valence-electron chi connectivity index (χ3n) is 3.09. The molecule has 1 rings (SSSR count). The van der Waals surface area contributed by atoms with E-state index in [1.807, 2.05) is 16.7 Å². The Balaban J connectivity index is 2.28. The van der Waals surface area contributed by atoms with Gasteiger partial charge in [0.1, 0.15) is 0 Å². The topological polar surface area (TPSA) is 41.6 Å². The molecular weight excluding hydrogens is 248 g/mol. The molecule has 0 aliphatic carbocycles. The fourth-order valence-electron chi connectivity index (χ4n) is 2.12. The summed E-state index contributed by atoms with van der Waals surface area (Å²) in [5, 5.41) is 3.02. The van der Waals surface area contributed by atoms with E-state index in [0.29, 0.717) is 19.1 Å². The second kappa shape index (κ2) is 8.64. The Bertz CT molecular complexity index is 249. The van der Waals surface area contributed by atoms with Crippen molar-refractivity contribution in [3.63, 3.8) is 0 Å². The molecule has 1 saturated heterocycles. The molecule has 0 spiro atoms. The zero-order valence-corrected chi connectivity index (χ0v) is 12.6. The fraction of sp³-hybridized carbons (Fsp3) is 0.923. The Labute approximate surface area is 115 Å². The number of ether oxygens (including phenoxy) is 1. The molecule has 2 amide bonds. The molecule has 0 saturated carbocycles. The van der Waals surface area contributed by atoms with Gasteiger partial charge >= 0.3 is 6.03 Å². The number of nitrogens with zero attached hydrogens (tertiary/aromatic N) is 1. The number of nitrogens with one attached hydrogen (secondary N) is 1. The van der Waals surface area contributed by atoms with E-state index in [4.69, 9.17) is 4.74 Å². The highest BCUT2D eigenvalue weighted by Crippen LogP contribution is 2.10. The number of amides is 2. The Morgan fingerprint density at radius 3 is 3.06 bits per heavy atom. The Morgan fingerprint density at radius 2 is 2.39 bits per heavy atom. The van der Waals surface area contributed by atoms with Crippen LogP contribution in [0.3, 0.4) is 0 Å². The number of thioether (sulfide) groups is 1. The first-order chi connectivity index (χ1) is 8.67. The van der Waals surface area contributed by atoms with Crippen LogP contribution < -0.4 is 5.32 Å². The summed E-state index contributed by atoms with van der Waals surface area (Å²) in [6.07, 6.45) is 4.45. The van der Waals surface area contributed by atoms with Crippen LogP contribution in [0.5, 0.6) is 0 Å². The average molecular weight is 274 g/mol. The minimum atomic E-state index is 0.0624. The van der Waals surface area contributed by atoms with Crippen LogP contribution in [0.2, 0.25) is 0 Å². The van der Waals surface area contributed by atoms with Gasteiger partial charge in [0.05, 0.1) is 12.7 Å². The summed E-state index contributed by atoms with van der Waals surface area (Å²) in [6.45, 7) is 7.18. The minimum absolute atomic E-state index is 0.0624. The summed E-state index contributed by atoms with van der Waals surface area (Å²) in [6, 6.07) is 0.0624. The molecule has 106 valence electrons. The second-order valence-electron chi connectivity index (χ2n) is 4.97. The summed E-state index contributed by atoms with van der Waals surface area (Å²) >= 11 is 1.82. The van der Waals surface area contributed by atoms with Crippen molar-refractivity contribution in [1.29, 1.82) is 0 Å². The van der Waals surface area contributed by atoms with Crippen LogP contribution in [-0.2, 0) is 4.74 Å². The summed E-state index contributed by atoms with van der Waals surface area (Å²) in [4.78, 5) is 13.9. The first-order valence-corrected chi connectivity index (χ1v) is 8.20. The van der Waals surface area contributed by atoms with Crippen molar-refractivity contribution in [3.05, 3.63) is 0 Å². The lowest BCUT2D eigenvalue weighted by molar-refractivity contribution is -0.0181. The van der Waals surface area contributed by atoms with E-state index in [1.54, 1.807) is 0 Å². The molecule has 0 bridgehead atoms. The lowest BCUT2D eigenvalue weighted by Crippen LogP contribution is -2.50. The number of carbonyl (C=O) groups excluding carboxylic acids is 1. The standard InChI is InChI=1S/C13H26N2O2S/c1-4-5-12-9-15(6-7-17-12)13(16)14-8-11(2)10-18-3/h11-12H,4-10H2,1-3H3,(H,14,16)/t11-,12-/m1/s1. The molecule has 1 heterocycles. The van der Waals surface area contributed by atoms with Crippen LogP contribution in [0.15, 0.2) is 0 Å². The molecule has 1 fully saturated rings. The van der Waals surface area contributed by atoms with Gasteiger partial charge < -0.3 is 15.0 Å². The van der Waals surface area contributed by atoms with E-state index in [0.717, 1.165) is 31.7 Å². The van der Waals surface area contributed by atoms with Crippen molar-refractivity contribution >= 4 is 17.8 Å². The Morgan fingerprint density at radius 1 is 1.61 bits per heavy atom. The van der Waals surface area contributed by atoms with E-state index >= 15 is 0 Å². The molecule has 0 radical (unpaired) electrons. The van der Waals surface area contributed by atoms with Gasteiger partial charge in [-0.3, -0.25) is 0 Å². The molecule has 18 heavy (non-hydrogen) atoms. The average Bonchev–Trinajstić information content (AvgIpc) is 2.37. The highest BCUT2D eigenvalue weighted by atomic mass is 32.2. The maximum atomic E-state index is 12.0. The van der Waals surface area contributed by atoms with E-state index in [1.165, 1.54) is 0 Å². The molecular formula is C13H26N2O2S. The molecule has 1 aliphatic rings. The molecule has 0 aromatic carbocycles. The zero-order valence-electron chi connectivity index (χ0n) is 11.8. The number of rotatable bonds is 6. The first kappa shape index (κ1) is 15.6. The van der Waals surface area contributed by atoms with Crippen LogP contribution >= 0.6 is 11.8 Å². The quantitative estimate of drug-likeness (QED) is 0.807. The van der Waals surface area contributed by atoms with Crippen molar-refractivity contribution in [2.24, 2.45) is 5.92 Å². The normalized spacial score (nSPS) is 21.7. The molecule has 1 N–H and O–H groups in total. The molecule has 0 aromatic heterocycles. The van der Waals surface area contributed by atoms with Crippen molar-refractivity contribution in [3.8, 4) is 0 Å². The second-order valence-corrected chi connectivity index (χ2v) is 5.88.